The Balaban J connectivity index is 1.47. The lowest BCUT2D eigenvalue weighted by molar-refractivity contribution is -0.125. The number of benzene rings is 2. The van der Waals surface area contributed by atoms with Crippen molar-refractivity contribution in [3.05, 3.63) is 53.1 Å². The quantitative estimate of drug-likeness (QED) is 0.664. The molecule has 0 saturated carbocycles. The second-order valence-corrected chi connectivity index (χ2v) is 7.14. The van der Waals surface area contributed by atoms with Gasteiger partial charge in [-0.3, -0.25) is 4.79 Å². The van der Waals surface area contributed by atoms with Crippen LogP contribution in [0.1, 0.15) is 37.9 Å². The normalized spacial score (nSPS) is 14.4. The SMILES string of the molecule is CCC(C(=O)NC(C)c1ccc2c(c1)OCO2)n1nnc(-c2ccc(Cl)cc2)n1. The number of hydrogen-bond donors (Lipinski definition) is 1. The van der Waals surface area contributed by atoms with Crippen LogP contribution in [0.3, 0.4) is 0 Å². The summed E-state index contributed by atoms with van der Waals surface area (Å²) in [7, 11) is 0. The van der Waals surface area contributed by atoms with Gasteiger partial charge in [0, 0.05) is 10.6 Å². The average Bonchev–Trinajstić information content (AvgIpc) is 3.38. The number of tetrazole rings is 1. The maximum atomic E-state index is 12.9. The standard InChI is InChI=1S/C20H20ClN5O3/c1-3-16(26-24-19(23-25-26)13-4-7-15(21)8-5-13)20(27)22-12(2)14-6-9-17-18(10-14)29-11-28-17/h4-10,12,16H,3,11H2,1-2H3,(H,22,27). The van der Waals surface area contributed by atoms with E-state index < -0.39 is 6.04 Å². The van der Waals surface area contributed by atoms with Crippen molar-refractivity contribution >= 4 is 17.5 Å². The zero-order valence-corrected chi connectivity index (χ0v) is 16.8. The molecule has 2 atom stereocenters. The van der Waals surface area contributed by atoms with E-state index in [2.05, 4.69) is 20.7 Å². The van der Waals surface area contributed by atoms with Gasteiger partial charge in [-0.15, -0.1) is 10.2 Å². The highest BCUT2D eigenvalue weighted by atomic mass is 35.5. The zero-order chi connectivity index (χ0) is 20.4. The molecule has 1 amide bonds. The van der Waals surface area contributed by atoms with E-state index in [1.54, 1.807) is 12.1 Å². The minimum Gasteiger partial charge on any atom is -0.454 e. The Hall–Kier alpha value is -3.13. The highest BCUT2D eigenvalue weighted by Gasteiger charge is 2.24. The summed E-state index contributed by atoms with van der Waals surface area (Å²) in [4.78, 5) is 14.2. The first kappa shape index (κ1) is 19.2. The molecule has 29 heavy (non-hydrogen) atoms. The van der Waals surface area contributed by atoms with Crippen LogP contribution >= 0.6 is 11.6 Å². The van der Waals surface area contributed by atoms with Gasteiger partial charge < -0.3 is 14.8 Å². The highest BCUT2D eigenvalue weighted by Crippen LogP contribution is 2.34. The van der Waals surface area contributed by atoms with Gasteiger partial charge in [0.1, 0.15) is 0 Å². The second kappa shape index (κ2) is 8.08. The molecule has 0 aliphatic carbocycles. The Kier molecular flexibility index (Phi) is 5.35. The summed E-state index contributed by atoms with van der Waals surface area (Å²) in [5, 5.41) is 16.2. The average molecular weight is 414 g/mol. The maximum absolute atomic E-state index is 12.9. The van der Waals surface area contributed by atoms with Gasteiger partial charge in [0.25, 0.3) is 0 Å². The molecule has 0 bridgehead atoms. The molecule has 0 fully saturated rings. The topological polar surface area (TPSA) is 91.2 Å². The molecule has 2 unspecified atom stereocenters. The number of rotatable bonds is 6. The van der Waals surface area contributed by atoms with Gasteiger partial charge in [0.2, 0.25) is 18.5 Å². The number of carbonyl (C=O) groups is 1. The number of hydrogen-bond acceptors (Lipinski definition) is 6. The van der Waals surface area contributed by atoms with E-state index in [0.717, 1.165) is 11.1 Å². The van der Waals surface area contributed by atoms with E-state index in [4.69, 9.17) is 21.1 Å². The lowest BCUT2D eigenvalue weighted by Crippen LogP contribution is -2.35. The second-order valence-electron chi connectivity index (χ2n) is 6.71. The maximum Gasteiger partial charge on any atom is 0.247 e. The van der Waals surface area contributed by atoms with E-state index in [1.165, 1.54) is 4.80 Å². The molecular weight excluding hydrogens is 394 g/mol. The summed E-state index contributed by atoms with van der Waals surface area (Å²) in [5.74, 6) is 1.65. The molecular formula is C20H20ClN5O3. The third-order valence-electron chi connectivity index (χ3n) is 4.75. The molecule has 1 aromatic heterocycles. The fraction of sp³-hybridized carbons (Fsp3) is 0.300. The molecule has 0 spiro atoms. The Morgan fingerprint density at radius 2 is 1.97 bits per heavy atom. The predicted molar refractivity (Wildman–Crippen MR) is 107 cm³/mol. The first-order chi connectivity index (χ1) is 14.0. The molecule has 9 heteroatoms. The van der Waals surface area contributed by atoms with Gasteiger partial charge in [0.15, 0.2) is 17.5 Å². The zero-order valence-electron chi connectivity index (χ0n) is 16.0. The van der Waals surface area contributed by atoms with Gasteiger partial charge in [-0.2, -0.15) is 4.80 Å². The molecule has 0 radical (unpaired) electrons. The van der Waals surface area contributed by atoms with Crippen LogP contribution in [0.25, 0.3) is 11.4 Å². The summed E-state index contributed by atoms with van der Waals surface area (Å²) in [5.41, 5.74) is 1.70. The predicted octanol–water partition coefficient (Wildman–Crippen LogP) is 3.55. The third kappa shape index (κ3) is 4.02. The van der Waals surface area contributed by atoms with Crippen LogP contribution in [-0.2, 0) is 4.79 Å². The van der Waals surface area contributed by atoms with Crippen LogP contribution < -0.4 is 14.8 Å². The first-order valence-corrected chi connectivity index (χ1v) is 9.68. The lowest BCUT2D eigenvalue weighted by atomic mass is 10.1. The molecule has 1 N–H and O–H groups in total. The fourth-order valence-electron chi connectivity index (χ4n) is 3.10. The van der Waals surface area contributed by atoms with Crippen molar-refractivity contribution in [2.24, 2.45) is 0 Å². The Morgan fingerprint density at radius 1 is 1.21 bits per heavy atom. The van der Waals surface area contributed by atoms with E-state index in [-0.39, 0.29) is 18.7 Å². The van der Waals surface area contributed by atoms with Crippen LogP contribution in [-0.4, -0.2) is 32.9 Å². The van der Waals surface area contributed by atoms with Crippen molar-refractivity contribution in [3.8, 4) is 22.9 Å². The minimum atomic E-state index is -0.569. The molecule has 3 aromatic rings. The fourth-order valence-corrected chi connectivity index (χ4v) is 3.23. The number of carbonyl (C=O) groups excluding carboxylic acids is 1. The molecule has 2 aromatic carbocycles. The molecule has 8 nitrogen and oxygen atoms in total. The molecule has 1 aliphatic rings. The van der Waals surface area contributed by atoms with Crippen molar-refractivity contribution in [2.45, 2.75) is 32.4 Å². The molecule has 2 heterocycles. The van der Waals surface area contributed by atoms with Crippen LogP contribution in [0.15, 0.2) is 42.5 Å². The van der Waals surface area contributed by atoms with E-state index in [0.29, 0.717) is 28.8 Å². The Labute approximate surface area is 172 Å². The lowest BCUT2D eigenvalue weighted by Gasteiger charge is -2.19. The van der Waals surface area contributed by atoms with Crippen LogP contribution in [0.4, 0.5) is 0 Å². The van der Waals surface area contributed by atoms with Gasteiger partial charge >= 0.3 is 0 Å². The van der Waals surface area contributed by atoms with E-state index in [9.17, 15) is 4.79 Å². The van der Waals surface area contributed by atoms with Gasteiger partial charge in [-0.25, -0.2) is 0 Å². The van der Waals surface area contributed by atoms with Crippen molar-refractivity contribution in [3.63, 3.8) is 0 Å². The van der Waals surface area contributed by atoms with Crippen molar-refractivity contribution in [1.29, 1.82) is 0 Å². The smallest absolute Gasteiger partial charge is 0.247 e. The summed E-state index contributed by atoms with van der Waals surface area (Å²) < 4.78 is 10.7. The van der Waals surface area contributed by atoms with E-state index >= 15 is 0 Å². The van der Waals surface area contributed by atoms with Crippen molar-refractivity contribution < 1.29 is 14.3 Å². The summed E-state index contributed by atoms with van der Waals surface area (Å²) >= 11 is 5.92. The van der Waals surface area contributed by atoms with Crippen molar-refractivity contribution in [2.75, 3.05) is 6.79 Å². The number of nitrogens with zero attached hydrogens (tertiary/aromatic N) is 4. The summed E-state index contributed by atoms with van der Waals surface area (Å²) in [6.45, 7) is 4.03. The molecule has 1 aliphatic heterocycles. The Morgan fingerprint density at radius 3 is 2.72 bits per heavy atom. The van der Waals surface area contributed by atoms with Crippen LogP contribution in [0.2, 0.25) is 5.02 Å². The van der Waals surface area contributed by atoms with Gasteiger partial charge in [-0.1, -0.05) is 24.6 Å². The monoisotopic (exact) mass is 413 g/mol. The number of halogens is 1. The van der Waals surface area contributed by atoms with E-state index in [1.807, 2.05) is 44.2 Å². The highest BCUT2D eigenvalue weighted by molar-refractivity contribution is 6.30. The first-order valence-electron chi connectivity index (χ1n) is 9.30. The van der Waals surface area contributed by atoms with Gasteiger partial charge in [-0.05, 0) is 60.5 Å². The third-order valence-corrected chi connectivity index (χ3v) is 5.01. The summed E-state index contributed by atoms with van der Waals surface area (Å²) in [6.07, 6.45) is 0.524. The number of nitrogens with one attached hydrogen (secondary N) is 1. The van der Waals surface area contributed by atoms with Crippen molar-refractivity contribution in [1.82, 2.24) is 25.5 Å². The Bertz CT molecular complexity index is 1020. The van der Waals surface area contributed by atoms with Crippen LogP contribution in [0, 0.1) is 0 Å². The number of fused-ring (bicyclic) bond motifs is 1. The van der Waals surface area contributed by atoms with Crippen LogP contribution in [0.5, 0.6) is 11.5 Å². The van der Waals surface area contributed by atoms with Gasteiger partial charge in [0.05, 0.1) is 6.04 Å². The molecule has 0 saturated heterocycles. The molecule has 150 valence electrons. The minimum absolute atomic E-state index is 0.183. The number of ether oxygens (including phenoxy) is 2. The number of aromatic nitrogens is 4. The summed E-state index contributed by atoms with van der Waals surface area (Å²) in [6, 6.07) is 12.0. The number of amides is 1. The largest absolute Gasteiger partial charge is 0.454 e. The molecule has 4 rings (SSSR count).